The summed E-state index contributed by atoms with van der Waals surface area (Å²) < 4.78 is 68.5. The average molecular weight is 1450 g/mol. The molecule has 7 atom stereocenters. The van der Waals surface area contributed by atoms with Gasteiger partial charge in [0.1, 0.15) is 19.3 Å². The molecule has 0 rings (SSSR count). The number of carbonyl (C=O) groups is 4. The van der Waals surface area contributed by atoms with Crippen molar-refractivity contribution < 1.29 is 80.2 Å². The molecule has 19 heteroatoms. The van der Waals surface area contributed by atoms with Gasteiger partial charge in [-0.3, -0.25) is 37.3 Å². The van der Waals surface area contributed by atoms with E-state index in [1.807, 2.05) is 0 Å². The highest BCUT2D eigenvalue weighted by molar-refractivity contribution is 7.47. The quantitative estimate of drug-likeness (QED) is 0.0222. The molecule has 0 amide bonds. The van der Waals surface area contributed by atoms with Crippen molar-refractivity contribution in [1.29, 1.82) is 0 Å². The maximum absolute atomic E-state index is 13.1. The second kappa shape index (κ2) is 69.1. The SMILES string of the molecule is CCC(C)CCCCCCCCCCCCCCCCCCCCC(=O)OC[C@H](COP(=O)(O)OC[C@@H](O)COP(=O)(O)OC[C@@H](COC(=O)CCCCCCCCC(C)CC)OC(=O)CCCCCCCCCCCCCCCCCC(C)C)OC(=O)CCCCCCCCC(C)C. The van der Waals surface area contributed by atoms with Gasteiger partial charge in [0, 0.05) is 25.7 Å². The van der Waals surface area contributed by atoms with E-state index in [0.29, 0.717) is 31.6 Å². The van der Waals surface area contributed by atoms with Gasteiger partial charge in [0.05, 0.1) is 26.4 Å². The molecular formula is C80H156O17P2. The summed E-state index contributed by atoms with van der Waals surface area (Å²) in [5.74, 6) is 0.954. The normalized spacial score (nSPS) is 14.6. The van der Waals surface area contributed by atoms with Gasteiger partial charge in [0.2, 0.25) is 0 Å². The summed E-state index contributed by atoms with van der Waals surface area (Å²) in [6.07, 6.45) is 55.9. The van der Waals surface area contributed by atoms with Crippen molar-refractivity contribution >= 4 is 39.5 Å². The third-order valence-corrected chi connectivity index (χ3v) is 21.2. The molecule has 0 fully saturated rings. The molecule has 0 aromatic rings. The zero-order valence-electron chi connectivity index (χ0n) is 65.1. The molecule has 0 spiro atoms. The van der Waals surface area contributed by atoms with Gasteiger partial charge in [-0.25, -0.2) is 9.13 Å². The molecule has 0 saturated heterocycles. The molecule has 99 heavy (non-hydrogen) atoms. The van der Waals surface area contributed by atoms with Crippen LogP contribution in [-0.2, 0) is 65.4 Å². The number of hydrogen-bond acceptors (Lipinski definition) is 15. The highest BCUT2D eigenvalue weighted by Crippen LogP contribution is 2.45. The summed E-state index contributed by atoms with van der Waals surface area (Å²) in [5, 5.41) is 10.6. The van der Waals surface area contributed by atoms with Crippen LogP contribution in [-0.4, -0.2) is 96.7 Å². The van der Waals surface area contributed by atoms with Crippen LogP contribution in [0.1, 0.15) is 409 Å². The molecule has 17 nitrogen and oxygen atoms in total. The van der Waals surface area contributed by atoms with Crippen LogP contribution in [0.25, 0.3) is 0 Å². The Morgan fingerprint density at radius 2 is 0.485 bits per heavy atom. The van der Waals surface area contributed by atoms with Crippen molar-refractivity contribution in [2.24, 2.45) is 23.7 Å². The zero-order chi connectivity index (χ0) is 73.1. The topological polar surface area (TPSA) is 237 Å². The maximum atomic E-state index is 13.1. The van der Waals surface area contributed by atoms with Gasteiger partial charge in [0.15, 0.2) is 12.2 Å². The van der Waals surface area contributed by atoms with Crippen molar-refractivity contribution in [3.05, 3.63) is 0 Å². The zero-order valence-corrected chi connectivity index (χ0v) is 66.9. The van der Waals surface area contributed by atoms with Gasteiger partial charge in [-0.1, -0.05) is 357 Å². The number of hydrogen-bond donors (Lipinski definition) is 3. The Labute approximate surface area is 607 Å². The largest absolute Gasteiger partial charge is 0.472 e. The number of aliphatic hydroxyl groups is 1. The van der Waals surface area contributed by atoms with Crippen molar-refractivity contribution in [1.82, 2.24) is 0 Å². The van der Waals surface area contributed by atoms with E-state index < -0.39 is 97.5 Å². The predicted molar refractivity (Wildman–Crippen MR) is 404 cm³/mol. The number of ether oxygens (including phenoxy) is 4. The lowest BCUT2D eigenvalue weighted by molar-refractivity contribution is -0.161. The third-order valence-electron chi connectivity index (χ3n) is 19.3. The number of esters is 4. The molecule has 588 valence electrons. The summed E-state index contributed by atoms with van der Waals surface area (Å²) in [6.45, 7) is 14.2. The maximum Gasteiger partial charge on any atom is 0.472 e. The molecule has 0 aliphatic carbocycles. The fourth-order valence-electron chi connectivity index (χ4n) is 12.2. The summed E-state index contributed by atoms with van der Waals surface area (Å²) in [6, 6.07) is 0. The number of rotatable bonds is 77. The Balaban J connectivity index is 5.10. The predicted octanol–water partition coefficient (Wildman–Crippen LogP) is 23.6. The second-order valence-corrected chi connectivity index (χ2v) is 33.1. The molecule has 0 aliphatic rings. The summed E-state index contributed by atoms with van der Waals surface area (Å²) in [4.78, 5) is 72.8. The molecule has 0 aliphatic heterocycles. The first-order valence-corrected chi connectivity index (χ1v) is 44.3. The van der Waals surface area contributed by atoms with E-state index in [4.69, 9.17) is 37.0 Å². The van der Waals surface area contributed by atoms with E-state index in [1.165, 1.54) is 205 Å². The van der Waals surface area contributed by atoms with Crippen LogP contribution in [0.15, 0.2) is 0 Å². The highest BCUT2D eigenvalue weighted by atomic mass is 31.2. The van der Waals surface area contributed by atoms with E-state index in [0.717, 1.165) is 114 Å². The Morgan fingerprint density at radius 3 is 0.717 bits per heavy atom. The molecule has 0 aromatic carbocycles. The van der Waals surface area contributed by atoms with Gasteiger partial charge >= 0.3 is 39.5 Å². The monoisotopic (exact) mass is 1450 g/mol. The van der Waals surface area contributed by atoms with Gasteiger partial charge in [-0.05, 0) is 49.4 Å². The third kappa shape index (κ3) is 71.5. The summed E-state index contributed by atoms with van der Waals surface area (Å²) in [5.41, 5.74) is 0. The minimum absolute atomic E-state index is 0.102. The molecule has 4 unspecified atom stereocenters. The molecule has 0 aromatic heterocycles. The van der Waals surface area contributed by atoms with Crippen LogP contribution in [0.2, 0.25) is 0 Å². The van der Waals surface area contributed by atoms with Crippen LogP contribution >= 0.6 is 15.6 Å². The van der Waals surface area contributed by atoms with Crippen molar-refractivity contribution in [2.75, 3.05) is 39.6 Å². The van der Waals surface area contributed by atoms with Crippen LogP contribution in [0.5, 0.6) is 0 Å². The van der Waals surface area contributed by atoms with E-state index >= 15 is 0 Å². The number of phosphoric acid groups is 2. The lowest BCUT2D eigenvalue weighted by atomic mass is 9.99. The standard InChI is InChI=1S/C80H156O17P2/c1-9-72(7)58-50-42-33-29-25-21-17-13-11-12-14-18-22-26-30-34-44-52-60-77(82)90-66-76(97-80(85)63-55-47-38-36-41-49-57-71(5)6)69-95-99(88,89)93-65-74(81)64-92-98(86,87)94-68-75(67-91-78(83)61-53-45-39-37-43-51-59-73(8)10-2)96-79(84)62-54-46-35-31-27-23-19-15-16-20-24-28-32-40-48-56-70(3)4/h70-76,81H,9-69H2,1-8H3,(H,86,87)(H,88,89)/t72?,73?,74-,75+,76+/m0/s1. The Hall–Kier alpha value is -1.94. The van der Waals surface area contributed by atoms with Crippen LogP contribution in [0.3, 0.4) is 0 Å². The van der Waals surface area contributed by atoms with E-state index in [-0.39, 0.29) is 25.7 Å². The van der Waals surface area contributed by atoms with Gasteiger partial charge < -0.3 is 33.8 Å². The lowest BCUT2D eigenvalue weighted by Crippen LogP contribution is -2.30. The fraction of sp³-hybridized carbons (Fsp3) is 0.950. The first-order chi connectivity index (χ1) is 47.7. The first kappa shape index (κ1) is 97.1. The molecule has 0 heterocycles. The first-order valence-electron chi connectivity index (χ1n) is 41.3. The summed E-state index contributed by atoms with van der Waals surface area (Å²) >= 11 is 0. The van der Waals surface area contributed by atoms with Crippen LogP contribution in [0.4, 0.5) is 0 Å². The van der Waals surface area contributed by atoms with Crippen LogP contribution < -0.4 is 0 Å². The van der Waals surface area contributed by atoms with E-state index in [9.17, 15) is 43.2 Å². The Kier molecular flexibility index (Phi) is 67.8. The van der Waals surface area contributed by atoms with Crippen LogP contribution in [0, 0.1) is 23.7 Å². The average Bonchev–Trinajstić information content (AvgIpc) is 0.967. The lowest BCUT2D eigenvalue weighted by Gasteiger charge is -2.21. The Morgan fingerprint density at radius 1 is 0.283 bits per heavy atom. The summed E-state index contributed by atoms with van der Waals surface area (Å²) in [7, 11) is -9.92. The van der Waals surface area contributed by atoms with E-state index in [1.54, 1.807) is 0 Å². The molecule has 0 saturated carbocycles. The number of unbranched alkanes of at least 4 members (excludes halogenated alkanes) is 41. The van der Waals surface area contributed by atoms with Crippen molar-refractivity contribution in [2.45, 2.75) is 427 Å². The second-order valence-electron chi connectivity index (χ2n) is 30.2. The molecule has 0 radical (unpaired) electrons. The molecular weight excluding hydrogens is 1290 g/mol. The molecule has 0 bridgehead atoms. The van der Waals surface area contributed by atoms with Gasteiger partial charge in [-0.2, -0.15) is 0 Å². The Bertz CT molecular complexity index is 1940. The van der Waals surface area contributed by atoms with E-state index in [2.05, 4.69) is 55.4 Å². The van der Waals surface area contributed by atoms with Crippen molar-refractivity contribution in [3.63, 3.8) is 0 Å². The minimum Gasteiger partial charge on any atom is -0.462 e. The number of phosphoric ester groups is 2. The number of carbonyl (C=O) groups excluding carboxylic acids is 4. The smallest absolute Gasteiger partial charge is 0.462 e. The highest BCUT2D eigenvalue weighted by Gasteiger charge is 2.30. The number of aliphatic hydroxyl groups excluding tert-OH is 1. The van der Waals surface area contributed by atoms with Gasteiger partial charge in [0.25, 0.3) is 0 Å². The minimum atomic E-state index is -4.96. The molecule has 3 N–H and O–H groups in total. The van der Waals surface area contributed by atoms with Crippen molar-refractivity contribution in [3.8, 4) is 0 Å². The fourth-order valence-corrected chi connectivity index (χ4v) is 13.8. The van der Waals surface area contributed by atoms with Gasteiger partial charge in [-0.15, -0.1) is 0 Å².